The number of imidazole rings is 2. The zero-order chi connectivity index (χ0) is 43.0. The predicted octanol–water partition coefficient (Wildman–Crippen LogP) is 9.40. The van der Waals surface area contributed by atoms with Crippen LogP contribution in [0, 0.1) is 0 Å². The molecule has 61 heavy (non-hydrogen) atoms. The van der Waals surface area contributed by atoms with Crippen molar-refractivity contribution >= 4 is 23.4 Å². The molecule has 0 saturated carbocycles. The van der Waals surface area contributed by atoms with Crippen LogP contribution in [0.1, 0.15) is 106 Å². The Morgan fingerprint density at radius 1 is 0.836 bits per heavy atom. The summed E-state index contributed by atoms with van der Waals surface area (Å²) in [4.78, 5) is 45.5. The molecule has 2 atom stereocenters. The summed E-state index contributed by atoms with van der Waals surface area (Å²) >= 11 is 0. The van der Waals surface area contributed by atoms with Gasteiger partial charge >= 0.3 is 0 Å². The van der Waals surface area contributed by atoms with E-state index in [-0.39, 0.29) is 18.0 Å². The van der Waals surface area contributed by atoms with E-state index in [9.17, 15) is 9.59 Å². The predicted molar refractivity (Wildman–Crippen MR) is 249 cm³/mol. The summed E-state index contributed by atoms with van der Waals surface area (Å²) < 4.78 is 0. The zero-order valence-corrected chi connectivity index (χ0v) is 37.0. The van der Waals surface area contributed by atoms with Crippen LogP contribution in [-0.2, 0) is 35.3 Å². The molecular weight excluding hydrogens is 757 g/mol. The number of aromatic amines is 2. The van der Waals surface area contributed by atoms with Gasteiger partial charge in [0.25, 0.3) is 0 Å². The van der Waals surface area contributed by atoms with Crippen LogP contribution in [0.2, 0.25) is 0 Å². The molecular formula is C51H66N8O2. The van der Waals surface area contributed by atoms with Gasteiger partial charge in [-0.3, -0.25) is 14.5 Å². The topological polar surface area (TPSA) is 122 Å². The normalized spacial score (nSPS) is 14.9. The van der Waals surface area contributed by atoms with Gasteiger partial charge in [0.15, 0.2) is 0 Å². The molecule has 3 heterocycles. The third kappa shape index (κ3) is 11.4. The largest absolute Gasteiger partial charge is 0.359 e. The highest BCUT2D eigenvalue weighted by molar-refractivity contribution is 5.85. The number of hydrogen-bond acceptors (Lipinski definition) is 6. The summed E-state index contributed by atoms with van der Waals surface area (Å²) in [5, 5.41) is 5.63. The van der Waals surface area contributed by atoms with Crippen molar-refractivity contribution in [3.05, 3.63) is 131 Å². The standard InChI is InChI=1S/C43H46N6O.C4H9NO.C4H11N/c1-3-48(4-2)41(30-15-9-6-10-16-30)43(50)49-26-12-19-38(49)42-45-35-24-22-32(28-37(35)46-42)31-21-23-34-33(27-31)17-11-18-36-40(34)47-39(44-36)25-20-29-13-7-5-8-14-29;1-2-3-5-4-6;1-3-5-4-2/h5-10,13-16,21-24,27-28,38,41H,3-4,11-12,17-20,25-26H2,1-2H3,(H,44,47)(H,45,46);4H,2-3H2,1H3,(H,5,6);5H,3-4H2,1-2H3/t38-,41+;;/m0../s1. The maximum absolute atomic E-state index is 14.3. The minimum absolute atomic E-state index is 0.0618. The zero-order valence-electron chi connectivity index (χ0n) is 37.0. The van der Waals surface area contributed by atoms with Crippen molar-refractivity contribution in [1.29, 1.82) is 0 Å². The van der Waals surface area contributed by atoms with Gasteiger partial charge in [-0.2, -0.15) is 0 Å². The highest BCUT2D eigenvalue weighted by Gasteiger charge is 2.38. The maximum atomic E-state index is 14.3. The van der Waals surface area contributed by atoms with E-state index in [4.69, 9.17) is 9.97 Å². The fourth-order valence-corrected chi connectivity index (χ4v) is 8.59. The smallest absolute Gasteiger partial charge is 0.245 e. The molecule has 1 fully saturated rings. The molecule has 10 nitrogen and oxygen atoms in total. The van der Waals surface area contributed by atoms with Crippen molar-refractivity contribution in [2.45, 2.75) is 98.1 Å². The molecule has 6 aromatic rings. The molecule has 10 heteroatoms. The van der Waals surface area contributed by atoms with Crippen LogP contribution in [-0.4, -0.2) is 81.3 Å². The molecule has 8 rings (SSSR count). The molecule has 0 unspecified atom stereocenters. The first-order valence-electron chi connectivity index (χ1n) is 22.6. The van der Waals surface area contributed by atoms with Crippen LogP contribution in [0.25, 0.3) is 33.4 Å². The van der Waals surface area contributed by atoms with Crippen LogP contribution in [0.5, 0.6) is 0 Å². The number of aryl methyl sites for hydroxylation is 4. The van der Waals surface area contributed by atoms with E-state index < -0.39 is 0 Å². The minimum atomic E-state index is -0.297. The molecule has 4 aromatic carbocycles. The monoisotopic (exact) mass is 823 g/mol. The second kappa shape index (κ2) is 22.9. The third-order valence-electron chi connectivity index (χ3n) is 11.7. The first kappa shape index (κ1) is 45.0. The van der Waals surface area contributed by atoms with Crippen LogP contribution >= 0.6 is 0 Å². The average Bonchev–Trinajstić information content (AvgIpc) is 4.04. The number of nitrogens with one attached hydrogen (secondary N) is 4. The van der Waals surface area contributed by atoms with E-state index in [1.165, 1.54) is 27.9 Å². The summed E-state index contributed by atoms with van der Waals surface area (Å²) in [6, 6.07) is 33.9. The number of likely N-dealkylation sites (tertiary alicyclic amines) is 1. The molecule has 0 radical (unpaired) electrons. The van der Waals surface area contributed by atoms with Crippen molar-refractivity contribution in [2.75, 3.05) is 39.3 Å². The Morgan fingerprint density at radius 3 is 2.23 bits per heavy atom. The van der Waals surface area contributed by atoms with E-state index in [1.54, 1.807) is 0 Å². The molecule has 1 aliphatic carbocycles. The van der Waals surface area contributed by atoms with Crippen LogP contribution in [0.15, 0.2) is 97.1 Å². The Kier molecular flexibility index (Phi) is 16.8. The Bertz CT molecular complexity index is 2260. The lowest BCUT2D eigenvalue weighted by atomic mass is 9.96. The summed E-state index contributed by atoms with van der Waals surface area (Å²) in [6.45, 7) is 15.8. The maximum Gasteiger partial charge on any atom is 0.245 e. The van der Waals surface area contributed by atoms with Gasteiger partial charge in [0.2, 0.25) is 12.3 Å². The van der Waals surface area contributed by atoms with Gasteiger partial charge in [-0.25, -0.2) is 9.97 Å². The van der Waals surface area contributed by atoms with Crippen molar-refractivity contribution < 1.29 is 9.59 Å². The first-order chi connectivity index (χ1) is 29.9. The lowest BCUT2D eigenvalue weighted by Crippen LogP contribution is -2.43. The summed E-state index contributed by atoms with van der Waals surface area (Å²) in [7, 11) is 0. The third-order valence-corrected chi connectivity index (χ3v) is 11.7. The molecule has 1 aliphatic heterocycles. The molecule has 4 N–H and O–H groups in total. The minimum Gasteiger partial charge on any atom is -0.359 e. The van der Waals surface area contributed by atoms with E-state index in [0.29, 0.717) is 6.41 Å². The Balaban J connectivity index is 0.000000504. The lowest BCUT2D eigenvalue weighted by molar-refractivity contribution is -0.138. The summed E-state index contributed by atoms with van der Waals surface area (Å²) in [6.07, 6.45) is 8.65. The van der Waals surface area contributed by atoms with Crippen LogP contribution in [0.3, 0.4) is 0 Å². The average molecular weight is 823 g/mol. The van der Waals surface area contributed by atoms with Crippen molar-refractivity contribution in [1.82, 2.24) is 40.4 Å². The number of hydrogen-bond donors (Lipinski definition) is 4. The van der Waals surface area contributed by atoms with Gasteiger partial charge in [0.05, 0.1) is 22.8 Å². The molecule has 0 spiro atoms. The number of nitrogens with zero attached hydrogens (tertiary/aromatic N) is 4. The van der Waals surface area contributed by atoms with E-state index >= 15 is 0 Å². The van der Waals surface area contributed by atoms with Gasteiger partial charge in [0, 0.05) is 30.8 Å². The fraction of sp³-hybridized carbons (Fsp3) is 0.412. The number of benzene rings is 4. The number of aromatic nitrogens is 4. The quantitative estimate of drug-likeness (QED) is 0.0605. The number of rotatable bonds is 15. The number of likely N-dealkylation sites (N-methyl/N-ethyl adjacent to an activating group) is 1. The molecule has 2 amide bonds. The van der Waals surface area contributed by atoms with Gasteiger partial charge in [-0.15, -0.1) is 0 Å². The van der Waals surface area contributed by atoms with Crippen molar-refractivity contribution in [3.8, 4) is 22.4 Å². The van der Waals surface area contributed by atoms with Crippen molar-refractivity contribution in [3.63, 3.8) is 0 Å². The number of fused-ring (bicyclic) bond motifs is 4. The van der Waals surface area contributed by atoms with E-state index in [2.05, 4.69) is 137 Å². The van der Waals surface area contributed by atoms with Crippen LogP contribution < -0.4 is 10.6 Å². The summed E-state index contributed by atoms with van der Waals surface area (Å²) in [5.41, 5.74) is 11.7. The second-order valence-electron chi connectivity index (χ2n) is 15.8. The van der Waals surface area contributed by atoms with E-state index in [1.807, 2.05) is 25.1 Å². The summed E-state index contributed by atoms with van der Waals surface area (Å²) in [5.74, 6) is 2.12. The van der Waals surface area contributed by atoms with E-state index in [0.717, 1.165) is 130 Å². The number of carbonyl (C=O) groups excluding carboxylic acids is 2. The second-order valence-corrected chi connectivity index (χ2v) is 15.8. The Morgan fingerprint density at radius 2 is 1.56 bits per heavy atom. The highest BCUT2D eigenvalue weighted by Crippen LogP contribution is 2.37. The lowest BCUT2D eigenvalue weighted by Gasteiger charge is -2.34. The fourth-order valence-electron chi connectivity index (χ4n) is 8.59. The molecule has 1 saturated heterocycles. The van der Waals surface area contributed by atoms with Gasteiger partial charge in [-0.1, -0.05) is 120 Å². The van der Waals surface area contributed by atoms with Gasteiger partial charge in [-0.05, 0) is 111 Å². The van der Waals surface area contributed by atoms with Crippen LogP contribution in [0.4, 0.5) is 0 Å². The van der Waals surface area contributed by atoms with Crippen molar-refractivity contribution in [2.24, 2.45) is 0 Å². The highest BCUT2D eigenvalue weighted by atomic mass is 16.2. The first-order valence-corrected chi connectivity index (χ1v) is 22.6. The van der Waals surface area contributed by atoms with Gasteiger partial charge in [0.1, 0.15) is 17.7 Å². The molecule has 0 bridgehead atoms. The Labute approximate surface area is 363 Å². The Hall–Kier alpha value is -5.58. The number of amides is 2. The molecule has 2 aromatic heterocycles. The molecule has 322 valence electrons. The van der Waals surface area contributed by atoms with Gasteiger partial charge < -0.3 is 25.5 Å². The number of H-pyrrole nitrogens is 2. The SMILES string of the molecule is CCCNC=O.CCN(CC)[C@@H](C(=O)N1CCC[C@H]1c1nc2ccc(-c3ccc4c(c3)CCCc3[nH]c(CCc5ccccc5)nc3-4)cc2[nH]1)c1ccccc1.CCNCC. The number of carbonyl (C=O) groups is 2. The molecule has 2 aliphatic rings.